The Morgan fingerprint density at radius 1 is 0.804 bits per heavy atom. The predicted octanol–water partition coefficient (Wildman–Crippen LogP) is 7.71. The summed E-state index contributed by atoms with van der Waals surface area (Å²) in [5, 5.41) is 3.79. The van der Waals surface area contributed by atoms with Crippen LogP contribution in [0.15, 0.2) is 102 Å². The third-order valence-electron chi connectivity index (χ3n) is 7.62. The Kier molecular flexibility index (Phi) is 12.1. The highest BCUT2D eigenvalue weighted by Gasteiger charge is 2.35. The first-order chi connectivity index (χ1) is 21.9. The van der Waals surface area contributed by atoms with E-state index in [-0.39, 0.29) is 45.5 Å². The number of rotatable bonds is 13. The van der Waals surface area contributed by atoms with Crippen LogP contribution in [0.5, 0.6) is 0 Å². The summed E-state index contributed by atoms with van der Waals surface area (Å²) in [4.78, 5) is 29.9. The number of carbonyl (C=O) groups excluding carboxylic acids is 2. The molecule has 0 heterocycles. The van der Waals surface area contributed by atoms with Crippen molar-refractivity contribution in [3.63, 3.8) is 0 Å². The summed E-state index contributed by atoms with van der Waals surface area (Å²) < 4.78 is 29.3. The largest absolute Gasteiger partial charge is 0.352 e. The first-order valence-corrected chi connectivity index (χ1v) is 17.4. The molecule has 242 valence electrons. The van der Waals surface area contributed by atoms with Gasteiger partial charge in [-0.2, -0.15) is 0 Å². The Balaban J connectivity index is 1.83. The quantitative estimate of drug-likeness (QED) is 0.155. The summed E-state index contributed by atoms with van der Waals surface area (Å²) in [5.74, 6) is -0.973. The monoisotopic (exact) mass is 699 g/mol. The maximum absolute atomic E-state index is 14.6. The molecular weight excluding hydrogens is 665 g/mol. The third-order valence-corrected chi connectivity index (χ3v) is 10.5. The molecular formula is C35H36Cl3N3O4S. The van der Waals surface area contributed by atoms with E-state index in [0.717, 1.165) is 15.4 Å². The Bertz CT molecular complexity index is 1770. The first-order valence-electron chi connectivity index (χ1n) is 14.8. The van der Waals surface area contributed by atoms with E-state index in [2.05, 4.69) is 5.32 Å². The third kappa shape index (κ3) is 8.82. The summed E-state index contributed by atoms with van der Waals surface area (Å²) in [5.41, 5.74) is 2.45. The molecule has 4 aromatic carbocycles. The van der Waals surface area contributed by atoms with Crippen molar-refractivity contribution < 1.29 is 18.0 Å². The van der Waals surface area contributed by atoms with Gasteiger partial charge in [-0.3, -0.25) is 13.9 Å². The summed E-state index contributed by atoms with van der Waals surface area (Å²) >= 11 is 19.1. The number of sulfonamides is 1. The van der Waals surface area contributed by atoms with Gasteiger partial charge in [-0.1, -0.05) is 108 Å². The molecule has 0 aliphatic heterocycles. The van der Waals surface area contributed by atoms with E-state index < -0.39 is 28.5 Å². The average Bonchev–Trinajstić information content (AvgIpc) is 3.04. The van der Waals surface area contributed by atoms with Gasteiger partial charge in [-0.25, -0.2) is 8.42 Å². The fourth-order valence-electron chi connectivity index (χ4n) is 4.83. The molecule has 0 saturated carbocycles. The number of nitrogens with one attached hydrogen (secondary N) is 1. The minimum absolute atomic E-state index is 0.00259. The molecule has 0 fully saturated rings. The molecule has 0 spiro atoms. The number of amides is 2. The minimum atomic E-state index is -4.27. The van der Waals surface area contributed by atoms with Crippen molar-refractivity contribution in [1.29, 1.82) is 0 Å². The second kappa shape index (κ2) is 15.8. The number of anilines is 1. The SMILES string of the molecule is CC[C@@H](C)NC(=O)[C@@H](Cc1ccccc1)N(Cc1ccc(Cl)c(Cl)c1)C(=O)CN(c1ccccc1Cl)S(=O)(=O)c1ccc(C)cc1. The number of para-hydroxylation sites is 1. The molecule has 0 aromatic heterocycles. The minimum Gasteiger partial charge on any atom is -0.352 e. The summed E-state index contributed by atoms with van der Waals surface area (Å²) in [6.07, 6.45) is 0.868. The number of hydrogen-bond acceptors (Lipinski definition) is 4. The molecule has 0 radical (unpaired) electrons. The van der Waals surface area contributed by atoms with Crippen molar-refractivity contribution in [1.82, 2.24) is 10.2 Å². The van der Waals surface area contributed by atoms with E-state index >= 15 is 0 Å². The van der Waals surface area contributed by atoms with Gasteiger partial charge >= 0.3 is 0 Å². The van der Waals surface area contributed by atoms with Crippen LogP contribution < -0.4 is 9.62 Å². The van der Waals surface area contributed by atoms with Crippen molar-refractivity contribution in [2.24, 2.45) is 0 Å². The van der Waals surface area contributed by atoms with Crippen LogP contribution in [0, 0.1) is 6.92 Å². The van der Waals surface area contributed by atoms with Gasteiger partial charge in [0.05, 0.1) is 25.7 Å². The van der Waals surface area contributed by atoms with Crippen LogP contribution in [0.3, 0.4) is 0 Å². The molecule has 2 amide bonds. The fourth-order valence-corrected chi connectivity index (χ4v) is 6.88. The number of aryl methyl sites for hydroxylation is 1. The van der Waals surface area contributed by atoms with Crippen LogP contribution >= 0.6 is 34.8 Å². The molecule has 2 atom stereocenters. The number of nitrogens with zero attached hydrogens (tertiary/aromatic N) is 2. The zero-order valence-electron chi connectivity index (χ0n) is 25.8. The average molecular weight is 701 g/mol. The lowest BCUT2D eigenvalue weighted by molar-refractivity contribution is -0.140. The smallest absolute Gasteiger partial charge is 0.264 e. The lowest BCUT2D eigenvalue weighted by Gasteiger charge is -2.34. The zero-order chi connectivity index (χ0) is 33.4. The van der Waals surface area contributed by atoms with E-state index in [1.807, 2.05) is 51.1 Å². The summed E-state index contributed by atoms with van der Waals surface area (Å²) in [6, 6.07) is 25.9. The van der Waals surface area contributed by atoms with Crippen LogP contribution in [-0.2, 0) is 32.6 Å². The fraction of sp³-hybridized carbons (Fsp3) is 0.257. The van der Waals surface area contributed by atoms with Gasteiger partial charge < -0.3 is 10.2 Å². The van der Waals surface area contributed by atoms with E-state index in [1.54, 1.807) is 54.6 Å². The van der Waals surface area contributed by atoms with Gasteiger partial charge in [0.1, 0.15) is 12.6 Å². The van der Waals surface area contributed by atoms with Crippen LogP contribution in [0.25, 0.3) is 0 Å². The van der Waals surface area contributed by atoms with Crippen LogP contribution in [-0.4, -0.2) is 43.8 Å². The van der Waals surface area contributed by atoms with Crippen LogP contribution in [0.2, 0.25) is 15.1 Å². The maximum atomic E-state index is 14.6. The highest BCUT2D eigenvalue weighted by molar-refractivity contribution is 7.92. The molecule has 0 bridgehead atoms. The van der Waals surface area contributed by atoms with Gasteiger partial charge in [-0.15, -0.1) is 0 Å². The molecule has 0 saturated heterocycles. The predicted molar refractivity (Wildman–Crippen MR) is 186 cm³/mol. The molecule has 4 aromatic rings. The van der Waals surface area contributed by atoms with Gasteiger partial charge in [0.2, 0.25) is 11.8 Å². The van der Waals surface area contributed by atoms with Gasteiger partial charge in [-0.05, 0) is 67.8 Å². The highest BCUT2D eigenvalue weighted by atomic mass is 35.5. The molecule has 46 heavy (non-hydrogen) atoms. The molecule has 0 unspecified atom stereocenters. The van der Waals surface area contributed by atoms with Crippen LogP contribution in [0.1, 0.15) is 37.0 Å². The van der Waals surface area contributed by atoms with E-state index in [4.69, 9.17) is 34.8 Å². The summed E-state index contributed by atoms with van der Waals surface area (Å²) in [7, 11) is -4.27. The van der Waals surface area contributed by atoms with Gasteiger partial charge in [0, 0.05) is 19.0 Å². The van der Waals surface area contributed by atoms with Crippen molar-refractivity contribution >= 4 is 62.3 Å². The van der Waals surface area contributed by atoms with Crippen LogP contribution in [0.4, 0.5) is 5.69 Å². The molecule has 11 heteroatoms. The normalized spacial score (nSPS) is 12.7. The van der Waals surface area contributed by atoms with E-state index in [1.165, 1.54) is 17.0 Å². The Labute approximate surface area is 286 Å². The van der Waals surface area contributed by atoms with Crippen molar-refractivity contribution in [3.8, 4) is 0 Å². The lowest BCUT2D eigenvalue weighted by Crippen LogP contribution is -2.54. The summed E-state index contributed by atoms with van der Waals surface area (Å²) in [6.45, 7) is 5.03. The zero-order valence-corrected chi connectivity index (χ0v) is 28.9. The Morgan fingerprint density at radius 3 is 2.09 bits per heavy atom. The topological polar surface area (TPSA) is 86.8 Å². The van der Waals surface area contributed by atoms with E-state index in [9.17, 15) is 18.0 Å². The molecule has 1 N–H and O–H groups in total. The Hall–Kier alpha value is -3.56. The number of hydrogen-bond donors (Lipinski definition) is 1. The van der Waals surface area contributed by atoms with Crippen molar-refractivity contribution in [2.45, 2.75) is 57.1 Å². The number of benzene rings is 4. The maximum Gasteiger partial charge on any atom is 0.264 e. The molecule has 0 aliphatic rings. The van der Waals surface area contributed by atoms with Gasteiger partial charge in [0.25, 0.3) is 10.0 Å². The second-order valence-corrected chi connectivity index (χ2v) is 14.2. The van der Waals surface area contributed by atoms with Crippen molar-refractivity contribution in [3.05, 3.63) is 129 Å². The van der Waals surface area contributed by atoms with Crippen molar-refractivity contribution in [2.75, 3.05) is 10.8 Å². The molecule has 4 rings (SSSR count). The number of carbonyl (C=O) groups is 2. The first kappa shape index (κ1) is 35.3. The van der Waals surface area contributed by atoms with Gasteiger partial charge in [0.15, 0.2) is 0 Å². The highest BCUT2D eigenvalue weighted by Crippen LogP contribution is 2.31. The Morgan fingerprint density at radius 2 is 1.46 bits per heavy atom. The molecule has 0 aliphatic carbocycles. The second-order valence-electron chi connectivity index (χ2n) is 11.1. The standard InChI is InChI=1S/C35H36Cl3N3O4S/c1-4-25(3)39-35(43)33(21-26-10-6-5-7-11-26)40(22-27-16-19-29(36)31(38)20-27)34(42)23-41(32-13-9-8-12-30(32)37)46(44,45)28-17-14-24(2)15-18-28/h5-20,25,33H,4,21-23H2,1-3H3,(H,39,43)/t25-,33-/m1/s1. The number of halogens is 3. The molecule has 7 nitrogen and oxygen atoms in total. The van der Waals surface area contributed by atoms with E-state index in [0.29, 0.717) is 17.0 Å². The lowest BCUT2D eigenvalue weighted by atomic mass is 10.0.